The molecule has 26 heteroatoms. The lowest BCUT2D eigenvalue weighted by Crippen LogP contribution is -2.37. The minimum atomic E-state index is -1.26. The summed E-state index contributed by atoms with van der Waals surface area (Å²) in [6.45, 7) is 6.80. The van der Waals surface area contributed by atoms with Crippen LogP contribution in [0.25, 0.3) is 0 Å². The smallest absolute Gasteiger partial charge is 0.184 e. The molecule has 0 saturated carbocycles. The van der Waals surface area contributed by atoms with Gasteiger partial charge in [-0.2, -0.15) is 0 Å². The van der Waals surface area contributed by atoms with E-state index in [9.17, 15) is 0 Å². The molecule has 7 atom stereocenters. The van der Waals surface area contributed by atoms with Crippen molar-refractivity contribution >= 4 is 0 Å². The van der Waals surface area contributed by atoms with E-state index in [0.717, 1.165) is 0 Å². The fourth-order valence-electron chi connectivity index (χ4n) is 2.66. The third kappa shape index (κ3) is 49.6. The topological polar surface area (TPSA) is 493 Å². The molecule has 2 saturated heterocycles. The SMILES string of the molecule is CC1(C)OC(O)C(O)C1O.CC1(C)OC(O)C(O)C1O.CCOCC(O)CO.OCC(O)CO.OCC(O)CO.OCC(O)CO.OCCCO.OCCCO.OCCO. The quantitative estimate of drug-likeness (QED) is 0.0725. The van der Waals surface area contributed by atoms with Crippen molar-refractivity contribution < 1.29 is 132 Å². The van der Waals surface area contributed by atoms with Gasteiger partial charge < -0.3 is 132 Å². The van der Waals surface area contributed by atoms with Gasteiger partial charge in [-0.15, -0.1) is 0 Å². The van der Waals surface area contributed by atoms with E-state index in [0.29, 0.717) is 19.4 Å². The van der Waals surface area contributed by atoms with Crippen LogP contribution in [0.1, 0.15) is 47.5 Å². The summed E-state index contributed by atoms with van der Waals surface area (Å²) >= 11 is 0. The molecule has 26 nitrogen and oxygen atoms in total. The Bertz CT molecular complexity index is 710. The third-order valence-corrected chi connectivity index (χ3v) is 6.23. The number of aliphatic hydroxyl groups is 23. The van der Waals surface area contributed by atoms with Crippen LogP contribution >= 0.6 is 0 Å². The minimum Gasteiger partial charge on any atom is -0.396 e. The Kier molecular flexibility index (Phi) is 61.9. The van der Waals surface area contributed by atoms with Crippen molar-refractivity contribution in [3.63, 3.8) is 0 Å². The molecule has 0 radical (unpaired) electrons. The molecular formula is C34H82O26. The molecule has 0 aromatic rings. The second-order valence-electron chi connectivity index (χ2n) is 12.7. The van der Waals surface area contributed by atoms with Crippen LogP contribution in [0.3, 0.4) is 0 Å². The molecular weight excluding hydrogens is 824 g/mol. The van der Waals surface area contributed by atoms with Crippen molar-refractivity contribution in [1.82, 2.24) is 0 Å². The Hall–Kier alpha value is -1.04. The first-order valence-electron chi connectivity index (χ1n) is 18.5. The van der Waals surface area contributed by atoms with Gasteiger partial charge in [0.15, 0.2) is 12.6 Å². The van der Waals surface area contributed by atoms with Gasteiger partial charge in [0.25, 0.3) is 0 Å². The highest BCUT2D eigenvalue weighted by atomic mass is 16.7. The Balaban J connectivity index is -0.000000107. The molecule has 2 heterocycles. The van der Waals surface area contributed by atoms with Crippen LogP contribution in [-0.2, 0) is 14.2 Å². The van der Waals surface area contributed by atoms with Crippen molar-refractivity contribution in [2.75, 3.05) is 99.1 Å². The largest absolute Gasteiger partial charge is 0.396 e. The Morgan fingerprint density at radius 3 is 0.717 bits per heavy atom. The van der Waals surface area contributed by atoms with Crippen molar-refractivity contribution in [1.29, 1.82) is 0 Å². The van der Waals surface area contributed by atoms with Crippen molar-refractivity contribution in [3.05, 3.63) is 0 Å². The number of hydrogen-bond donors (Lipinski definition) is 23. The summed E-state index contributed by atoms with van der Waals surface area (Å²) in [6.07, 6.45) is -9.49. The fraction of sp³-hybridized carbons (Fsp3) is 1.00. The van der Waals surface area contributed by atoms with Crippen LogP contribution in [0.2, 0.25) is 0 Å². The fourth-order valence-corrected chi connectivity index (χ4v) is 2.66. The maximum Gasteiger partial charge on any atom is 0.184 e. The van der Waals surface area contributed by atoms with Gasteiger partial charge in [0.2, 0.25) is 0 Å². The van der Waals surface area contributed by atoms with E-state index in [1.165, 1.54) is 0 Å². The zero-order chi connectivity index (χ0) is 48.9. The van der Waals surface area contributed by atoms with E-state index in [1.54, 1.807) is 27.7 Å². The zero-order valence-electron chi connectivity index (χ0n) is 35.3. The first-order valence-corrected chi connectivity index (χ1v) is 18.5. The molecule has 2 fully saturated rings. The molecule has 0 aromatic carbocycles. The van der Waals surface area contributed by atoms with E-state index in [1.807, 2.05) is 6.92 Å². The Morgan fingerprint density at radius 1 is 0.417 bits per heavy atom. The van der Waals surface area contributed by atoms with E-state index in [-0.39, 0.29) is 92.5 Å². The van der Waals surface area contributed by atoms with Crippen LogP contribution in [0.15, 0.2) is 0 Å². The van der Waals surface area contributed by atoms with Crippen molar-refractivity contribution in [3.8, 4) is 0 Å². The average molecular weight is 907 g/mol. The highest BCUT2D eigenvalue weighted by molar-refractivity contribution is 4.93. The number of ether oxygens (including phenoxy) is 3. The summed E-state index contributed by atoms with van der Waals surface area (Å²) in [5, 5.41) is 190. The first kappa shape index (κ1) is 73.4. The highest BCUT2D eigenvalue weighted by Crippen LogP contribution is 2.29. The molecule has 374 valence electrons. The normalized spacial score (nSPS) is 22.1. The van der Waals surface area contributed by atoms with E-state index in [4.69, 9.17) is 132 Å². The maximum absolute atomic E-state index is 9.16. The molecule has 23 N–H and O–H groups in total. The van der Waals surface area contributed by atoms with Gasteiger partial charge in [-0.25, -0.2) is 0 Å². The van der Waals surface area contributed by atoms with Gasteiger partial charge in [0, 0.05) is 33.0 Å². The average Bonchev–Trinajstić information content (AvgIpc) is 3.54. The molecule has 2 aliphatic heterocycles. The lowest BCUT2D eigenvalue weighted by molar-refractivity contribution is -0.150. The van der Waals surface area contributed by atoms with E-state index in [2.05, 4.69) is 0 Å². The third-order valence-electron chi connectivity index (χ3n) is 6.23. The predicted molar refractivity (Wildman–Crippen MR) is 208 cm³/mol. The molecule has 2 aliphatic rings. The van der Waals surface area contributed by atoms with Gasteiger partial charge in [0.1, 0.15) is 48.8 Å². The molecule has 0 aromatic heterocycles. The van der Waals surface area contributed by atoms with Crippen LogP contribution < -0.4 is 0 Å². The summed E-state index contributed by atoms with van der Waals surface area (Å²) in [6, 6.07) is 0. The van der Waals surface area contributed by atoms with E-state index < -0.39 is 72.6 Å². The van der Waals surface area contributed by atoms with Crippen molar-refractivity contribution in [2.45, 2.75) is 120 Å². The molecule has 0 aliphatic carbocycles. The van der Waals surface area contributed by atoms with E-state index >= 15 is 0 Å². The van der Waals surface area contributed by atoms with Crippen LogP contribution in [-0.4, -0.2) is 289 Å². The summed E-state index contributed by atoms with van der Waals surface area (Å²) in [5.41, 5.74) is -1.70. The molecule has 0 spiro atoms. The second kappa shape index (κ2) is 50.6. The number of rotatable bonds is 15. The summed E-state index contributed by atoms with van der Waals surface area (Å²) in [5.74, 6) is 0. The summed E-state index contributed by atoms with van der Waals surface area (Å²) in [4.78, 5) is 0. The van der Waals surface area contributed by atoms with Gasteiger partial charge in [-0.05, 0) is 47.5 Å². The molecule has 2 rings (SSSR count). The number of aliphatic hydroxyl groups excluding tert-OH is 23. The van der Waals surface area contributed by atoms with Crippen LogP contribution in [0.4, 0.5) is 0 Å². The van der Waals surface area contributed by atoms with Gasteiger partial charge in [0.05, 0.1) is 77.3 Å². The van der Waals surface area contributed by atoms with Gasteiger partial charge >= 0.3 is 0 Å². The molecule has 0 bridgehead atoms. The maximum atomic E-state index is 9.16. The lowest BCUT2D eigenvalue weighted by Gasteiger charge is -2.20. The molecule has 60 heavy (non-hydrogen) atoms. The van der Waals surface area contributed by atoms with Gasteiger partial charge in [-0.3, -0.25) is 0 Å². The second-order valence-corrected chi connectivity index (χ2v) is 12.7. The zero-order valence-corrected chi connectivity index (χ0v) is 35.3. The van der Waals surface area contributed by atoms with Gasteiger partial charge in [-0.1, -0.05) is 0 Å². The summed E-state index contributed by atoms with van der Waals surface area (Å²) < 4.78 is 14.4. The monoisotopic (exact) mass is 907 g/mol. The summed E-state index contributed by atoms with van der Waals surface area (Å²) in [7, 11) is 0. The predicted octanol–water partition coefficient (Wildman–Crippen LogP) is -10.3. The minimum absolute atomic E-state index is 0.0938. The van der Waals surface area contributed by atoms with Crippen LogP contribution in [0, 0.1) is 0 Å². The molecule has 7 unspecified atom stereocenters. The van der Waals surface area contributed by atoms with Crippen molar-refractivity contribution in [2.24, 2.45) is 0 Å². The highest BCUT2D eigenvalue weighted by Gasteiger charge is 2.48. The Morgan fingerprint density at radius 2 is 0.650 bits per heavy atom. The van der Waals surface area contributed by atoms with Crippen LogP contribution in [0.5, 0.6) is 0 Å². The lowest BCUT2D eigenvalue weighted by atomic mass is 10.0. The molecule has 0 amide bonds. The Labute approximate surface area is 350 Å². The standard InChI is InChI=1S/2C6H12O4.C5H12O3.3C3H8O3.2C3H8O2.C2H6O2/c2*1-6(2)4(8)3(7)5(9)10-6;1-2-8-4-5(7)3-6;3*4-1-3(6)2-5;2*4-2-1-3-5;3-1-2-4/h2*3-5,7-9H,1-2H3;5-7H,2-4H2,1H3;3*3-6H,1-2H2;2*4-5H,1-3H2;3-4H,1-2H2. The first-order chi connectivity index (χ1) is 27.9. The number of hydrogen-bond acceptors (Lipinski definition) is 26.